The molecule has 178 valence electrons. The lowest BCUT2D eigenvalue weighted by Gasteiger charge is -2.14. The van der Waals surface area contributed by atoms with Crippen LogP contribution in [0.2, 0.25) is 0 Å². The summed E-state index contributed by atoms with van der Waals surface area (Å²) in [7, 11) is -3.19. The van der Waals surface area contributed by atoms with Crippen LogP contribution in [-0.2, 0) is 20.3 Å². The van der Waals surface area contributed by atoms with Crippen LogP contribution in [-0.4, -0.2) is 57.2 Å². The highest BCUT2D eigenvalue weighted by Crippen LogP contribution is 2.36. The minimum atomic E-state index is -3.19. The fourth-order valence-corrected chi connectivity index (χ4v) is 4.74. The van der Waals surface area contributed by atoms with Crippen LogP contribution in [0, 0.1) is 0 Å². The number of ether oxygens (including phenoxy) is 1. The molecule has 11 nitrogen and oxygen atoms in total. The molecule has 1 aliphatic carbocycles. The fourth-order valence-electron chi connectivity index (χ4n) is 3.95. The van der Waals surface area contributed by atoms with Crippen molar-refractivity contribution in [1.82, 2.24) is 30.1 Å². The number of aromatic amines is 1. The van der Waals surface area contributed by atoms with Crippen molar-refractivity contribution in [3.63, 3.8) is 0 Å². The van der Waals surface area contributed by atoms with E-state index in [4.69, 9.17) is 4.74 Å². The number of fused-ring (bicyclic) bond motifs is 1. The third-order valence-corrected chi connectivity index (χ3v) is 7.21. The van der Waals surface area contributed by atoms with Gasteiger partial charge in [-0.2, -0.15) is 10.2 Å². The minimum absolute atomic E-state index is 0.0388. The number of alkyl carbamates (subject to hydrolysis) is 1. The second-order valence-electron chi connectivity index (χ2n) is 8.59. The van der Waals surface area contributed by atoms with Gasteiger partial charge < -0.3 is 15.4 Å². The van der Waals surface area contributed by atoms with Gasteiger partial charge in [0.05, 0.1) is 11.4 Å². The van der Waals surface area contributed by atoms with Gasteiger partial charge in [-0.3, -0.25) is 5.10 Å². The summed E-state index contributed by atoms with van der Waals surface area (Å²) in [6.45, 7) is 5.41. The second-order valence-corrected chi connectivity index (χ2v) is 10.9. The summed E-state index contributed by atoms with van der Waals surface area (Å²) in [5, 5.41) is 17.7. The number of nitrogens with one attached hydrogen (secondary N) is 3. The van der Waals surface area contributed by atoms with Crippen LogP contribution in [0.25, 0.3) is 5.52 Å². The summed E-state index contributed by atoms with van der Waals surface area (Å²) >= 11 is 0. The molecule has 12 heteroatoms. The average Bonchev–Trinajstić information content (AvgIpc) is 3.47. The normalized spacial score (nSPS) is 18.7. The van der Waals surface area contributed by atoms with Crippen LogP contribution in [0.4, 0.5) is 16.4 Å². The zero-order valence-electron chi connectivity index (χ0n) is 18.9. The van der Waals surface area contributed by atoms with E-state index in [1.54, 1.807) is 29.9 Å². The summed E-state index contributed by atoms with van der Waals surface area (Å²) < 4.78 is 31.0. The van der Waals surface area contributed by atoms with Gasteiger partial charge in [0.15, 0.2) is 21.5 Å². The van der Waals surface area contributed by atoms with E-state index in [-0.39, 0.29) is 35.7 Å². The van der Waals surface area contributed by atoms with Crippen molar-refractivity contribution in [2.75, 3.05) is 11.1 Å². The fraction of sp³-hybridized carbons (Fsp3) is 0.524. The predicted octanol–water partition coefficient (Wildman–Crippen LogP) is 2.90. The number of hydrogen-bond donors (Lipinski definition) is 3. The van der Waals surface area contributed by atoms with Crippen molar-refractivity contribution in [3.05, 3.63) is 35.9 Å². The third kappa shape index (κ3) is 5.62. The SMILES string of the molecule is CCS(=O)(=O)Cc1cc2c(Nc3cc(C4CCC(OC(=O)NC(C)C)C4)[nH]n3)nccn2n1. The molecule has 1 amide bonds. The molecule has 1 saturated carbocycles. The Morgan fingerprint density at radius 2 is 2.15 bits per heavy atom. The largest absolute Gasteiger partial charge is 0.446 e. The maximum Gasteiger partial charge on any atom is 0.407 e. The first-order valence-corrected chi connectivity index (χ1v) is 12.9. The third-order valence-electron chi connectivity index (χ3n) is 5.60. The van der Waals surface area contributed by atoms with Crippen molar-refractivity contribution < 1.29 is 17.9 Å². The van der Waals surface area contributed by atoms with Crippen LogP contribution < -0.4 is 10.6 Å². The summed E-state index contributed by atoms with van der Waals surface area (Å²) in [5.41, 5.74) is 2.09. The molecule has 1 aliphatic rings. The lowest BCUT2D eigenvalue weighted by atomic mass is 10.0. The Balaban J connectivity index is 1.43. The highest BCUT2D eigenvalue weighted by Gasteiger charge is 2.30. The summed E-state index contributed by atoms with van der Waals surface area (Å²) in [4.78, 5) is 16.2. The topological polar surface area (TPSA) is 143 Å². The van der Waals surface area contributed by atoms with Gasteiger partial charge in [0.25, 0.3) is 0 Å². The number of H-pyrrole nitrogens is 1. The van der Waals surface area contributed by atoms with E-state index < -0.39 is 9.84 Å². The maximum absolute atomic E-state index is 12.0. The van der Waals surface area contributed by atoms with E-state index in [1.165, 1.54) is 0 Å². The summed E-state index contributed by atoms with van der Waals surface area (Å²) in [5.74, 6) is 1.29. The molecular weight excluding hydrogens is 446 g/mol. The van der Waals surface area contributed by atoms with Crippen molar-refractivity contribution in [1.29, 1.82) is 0 Å². The number of nitrogens with zero attached hydrogens (tertiary/aromatic N) is 4. The number of rotatable bonds is 8. The zero-order chi connectivity index (χ0) is 23.6. The molecule has 3 N–H and O–H groups in total. The molecule has 2 unspecified atom stereocenters. The Morgan fingerprint density at radius 3 is 2.91 bits per heavy atom. The Hall–Kier alpha value is -3.15. The quantitative estimate of drug-likeness (QED) is 0.451. The van der Waals surface area contributed by atoms with E-state index in [9.17, 15) is 13.2 Å². The molecule has 3 aromatic heterocycles. The monoisotopic (exact) mass is 475 g/mol. The van der Waals surface area contributed by atoms with Gasteiger partial charge in [-0.25, -0.2) is 22.7 Å². The Bertz CT molecular complexity index is 1230. The van der Waals surface area contributed by atoms with Crippen molar-refractivity contribution in [2.24, 2.45) is 0 Å². The van der Waals surface area contributed by atoms with Gasteiger partial charge in [-0.15, -0.1) is 0 Å². The predicted molar refractivity (Wildman–Crippen MR) is 123 cm³/mol. The standard InChI is InChI=1S/C21H29N7O4S/c1-4-33(30,31)12-15-10-18-20(22-7-8-28(18)27-15)24-19-11-17(25-26-19)14-5-6-16(9-14)32-21(29)23-13(2)3/h7-8,10-11,13-14,16H,4-6,9,12H2,1-3H3,(H,23,29)(H2,22,24,25,26). The number of carbonyl (C=O) groups excluding carboxylic acids is 1. The molecule has 33 heavy (non-hydrogen) atoms. The van der Waals surface area contributed by atoms with E-state index in [2.05, 4.69) is 30.9 Å². The van der Waals surface area contributed by atoms with Gasteiger partial charge in [-0.05, 0) is 39.2 Å². The van der Waals surface area contributed by atoms with Gasteiger partial charge >= 0.3 is 6.09 Å². The van der Waals surface area contributed by atoms with Gasteiger partial charge in [0.2, 0.25) is 0 Å². The first-order valence-electron chi connectivity index (χ1n) is 11.1. The molecule has 0 saturated heterocycles. The van der Waals surface area contributed by atoms with Crippen molar-refractivity contribution in [2.45, 2.75) is 63.9 Å². The highest BCUT2D eigenvalue weighted by atomic mass is 32.2. The maximum atomic E-state index is 12.0. The zero-order valence-corrected chi connectivity index (χ0v) is 19.7. The lowest BCUT2D eigenvalue weighted by molar-refractivity contribution is 0.0981. The van der Waals surface area contributed by atoms with Crippen LogP contribution in [0.5, 0.6) is 0 Å². The molecule has 3 heterocycles. The highest BCUT2D eigenvalue weighted by molar-refractivity contribution is 7.90. The first kappa shape index (κ1) is 23.0. The summed E-state index contributed by atoms with van der Waals surface area (Å²) in [6.07, 6.45) is 5.20. The van der Waals surface area contributed by atoms with Gasteiger partial charge in [-0.1, -0.05) is 6.92 Å². The smallest absolute Gasteiger partial charge is 0.407 e. The molecule has 1 fully saturated rings. The van der Waals surface area contributed by atoms with Gasteiger partial charge in [0, 0.05) is 41.9 Å². The van der Waals surface area contributed by atoms with E-state index in [1.807, 2.05) is 19.9 Å². The molecule has 0 spiro atoms. The molecular formula is C21H29N7O4S. The van der Waals surface area contributed by atoms with Crippen molar-refractivity contribution >= 4 is 33.1 Å². The van der Waals surface area contributed by atoms with Crippen LogP contribution >= 0.6 is 0 Å². The van der Waals surface area contributed by atoms with Gasteiger partial charge in [0.1, 0.15) is 11.6 Å². The Labute approximate surface area is 192 Å². The van der Waals surface area contributed by atoms with Crippen molar-refractivity contribution in [3.8, 4) is 0 Å². The molecule has 0 aromatic carbocycles. The molecule has 0 radical (unpaired) electrons. The molecule has 2 atom stereocenters. The van der Waals surface area contributed by atoms with E-state index in [0.29, 0.717) is 22.8 Å². The minimum Gasteiger partial charge on any atom is -0.446 e. The summed E-state index contributed by atoms with van der Waals surface area (Å²) in [6, 6.07) is 3.68. The molecule has 0 aliphatic heterocycles. The van der Waals surface area contributed by atoms with Crippen LogP contribution in [0.3, 0.4) is 0 Å². The first-order chi connectivity index (χ1) is 15.7. The lowest BCUT2D eigenvalue weighted by Crippen LogP contribution is -2.33. The average molecular weight is 476 g/mol. The second kappa shape index (κ2) is 9.38. The number of anilines is 2. The number of carbonyl (C=O) groups is 1. The number of aromatic nitrogens is 5. The molecule has 3 aromatic rings. The number of sulfone groups is 1. The van der Waals surface area contributed by atoms with Crippen LogP contribution in [0.1, 0.15) is 57.3 Å². The van der Waals surface area contributed by atoms with E-state index in [0.717, 1.165) is 25.0 Å². The molecule has 0 bridgehead atoms. The molecule has 4 rings (SSSR count). The van der Waals surface area contributed by atoms with E-state index >= 15 is 0 Å². The van der Waals surface area contributed by atoms with Crippen LogP contribution in [0.15, 0.2) is 24.5 Å². The Morgan fingerprint density at radius 1 is 1.33 bits per heavy atom. The Kier molecular flexibility index (Phi) is 6.54. The number of hydrogen-bond acceptors (Lipinski definition) is 8. The number of amides is 1.